The average Bonchev–Trinajstić information content (AvgIpc) is 3.07. The van der Waals surface area contributed by atoms with E-state index >= 15 is 0 Å². The van der Waals surface area contributed by atoms with Crippen molar-refractivity contribution < 1.29 is 19.8 Å². The number of hydrogen-bond donors (Lipinski definition) is 3. The number of rotatable bonds is 7. The SMILES string of the molecule is CC(=O)[C@H]1CC[C@H]2[C@@H]3CC[C@H]4C[C@@H](CC(NCC(C)(C)O)C(=O)O)CC[C@]4(C)[C@H]3CC[C@]12C. The van der Waals surface area contributed by atoms with E-state index in [0.29, 0.717) is 41.9 Å². The maximum atomic E-state index is 12.4. The van der Waals surface area contributed by atoms with Gasteiger partial charge in [0.25, 0.3) is 0 Å². The summed E-state index contributed by atoms with van der Waals surface area (Å²) in [5.41, 5.74) is -0.323. The zero-order chi connectivity index (χ0) is 24.2. The van der Waals surface area contributed by atoms with Gasteiger partial charge in [0.1, 0.15) is 11.8 Å². The van der Waals surface area contributed by atoms with Gasteiger partial charge in [-0.05, 0) is 125 Å². The van der Waals surface area contributed by atoms with Crippen molar-refractivity contribution in [3.63, 3.8) is 0 Å². The van der Waals surface area contributed by atoms with Crippen LogP contribution in [0.25, 0.3) is 0 Å². The number of carbonyl (C=O) groups excluding carboxylic acids is 1. The lowest BCUT2D eigenvalue weighted by molar-refractivity contribution is -0.141. The van der Waals surface area contributed by atoms with Crippen molar-refractivity contribution in [3.05, 3.63) is 0 Å². The summed E-state index contributed by atoms with van der Waals surface area (Å²) in [6.45, 7) is 10.5. The summed E-state index contributed by atoms with van der Waals surface area (Å²) in [6.07, 6.45) is 11.5. The molecule has 33 heavy (non-hydrogen) atoms. The summed E-state index contributed by atoms with van der Waals surface area (Å²) in [7, 11) is 0. The molecule has 5 nitrogen and oxygen atoms in total. The highest BCUT2D eigenvalue weighted by Crippen LogP contribution is 2.67. The van der Waals surface area contributed by atoms with Crippen LogP contribution in [0.5, 0.6) is 0 Å². The third-order valence-corrected chi connectivity index (χ3v) is 10.9. The zero-order valence-electron chi connectivity index (χ0n) is 21.5. The van der Waals surface area contributed by atoms with Gasteiger partial charge in [0, 0.05) is 12.5 Å². The van der Waals surface area contributed by atoms with Gasteiger partial charge in [0.2, 0.25) is 0 Å². The molecule has 0 aromatic heterocycles. The highest BCUT2D eigenvalue weighted by Gasteiger charge is 2.60. The number of carboxylic acid groups (broad SMARTS) is 1. The van der Waals surface area contributed by atoms with Crippen molar-refractivity contribution in [1.29, 1.82) is 0 Å². The summed E-state index contributed by atoms with van der Waals surface area (Å²) in [5, 5.41) is 22.8. The first-order valence-electron chi connectivity index (χ1n) is 13.5. The standard InChI is InChI=1S/C28H47NO4/c1-17(30)21-8-9-22-20-7-6-19-14-18(15-24(25(31)32)29-16-26(2,3)33)10-12-27(19,4)23(20)11-13-28(21,22)5/h18-24,29,33H,6-16H2,1-5H3,(H,31,32)/t18-,19-,20-,21+,22-,23-,24?,27-,28+/m0/s1. The Kier molecular flexibility index (Phi) is 6.81. The molecule has 188 valence electrons. The molecule has 5 heteroatoms. The molecule has 0 aromatic rings. The fraction of sp³-hybridized carbons (Fsp3) is 0.929. The Morgan fingerprint density at radius 3 is 2.30 bits per heavy atom. The van der Waals surface area contributed by atoms with Crippen molar-refractivity contribution in [2.75, 3.05) is 6.54 Å². The number of ketones is 1. The molecule has 4 aliphatic carbocycles. The highest BCUT2D eigenvalue weighted by atomic mass is 16.4. The van der Waals surface area contributed by atoms with Gasteiger partial charge in [0.05, 0.1) is 5.60 Å². The Balaban J connectivity index is 1.42. The maximum Gasteiger partial charge on any atom is 0.320 e. The van der Waals surface area contributed by atoms with Crippen molar-refractivity contribution in [3.8, 4) is 0 Å². The number of fused-ring (bicyclic) bond motifs is 5. The molecule has 0 heterocycles. The lowest BCUT2D eigenvalue weighted by atomic mass is 9.44. The molecule has 0 aromatic carbocycles. The fourth-order valence-corrected chi connectivity index (χ4v) is 9.21. The van der Waals surface area contributed by atoms with E-state index < -0.39 is 17.6 Å². The molecule has 0 spiro atoms. The minimum atomic E-state index is -0.908. The van der Waals surface area contributed by atoms with Crippen molar-refractivity contribution >= 4 is 11.8 Å². The first-order chi connectivity index (χ1) is 15.3. The predicted octanol–water partition coefficient (Wildman–Crippen LogP) is 5.05. The molecule has 4 saturated carbocycles. The fourth-order valence-electron chi connectivity index (χ4n) is 9.21. The molecular formula is C28H47NO4. The van der Waals surface area contributed by atoms with E-state index in [2.05, 4.69) is 19.2 Å². The summed E-state index contributed by atoms with van der Waals surface area (Å²) >= 11 is 0. The van der Waals surface area contributed by atoms with E-state index in [0.717, 1.165) is 31.1 Å². The second-order valence-electron chi connectivity index (χ2n) is 13.4. The average molecular weight is 462 g/mol. The van der Waals surface area contributed by atoms with Crippen LogP contribution in [0.4, 0.5) is 0 Å². The van der Waals surface area contributed by atoms with Crippen LogP contribution in [0.15, 0.2) is 0 Å². The van der Waals surface area contributed by atoms with Gasteiger partial charge in [-0.15, -0.1) is 0 Å². The second-order valence-corrected chi connectivity index (χ2v) is 13.4. The maximum absolute atomic E-state index is 12.4. The largest absolute Gasteiger partial charge is 0.480 e. The summed E-state index contributed by atoms with van der Waals surface area (Å²) in [6, 6.07) is -0.584. The van der Waals surface area contributed by atoms with Gasteiger partial charge in [-0.25, -0.2) is 0 Å². The molecule has 9 atom stereocenters. The zero-order valence-corrected chi connectivity index (χ0v) is 21.5. The number of Topliss-reactive ketones (excluding diaryl/α,β-unsaturated/α-hetero) is 1. The number of carbonyl (C=O) groups is 2. The predicted molar refractivity (Wildman–Crippen MR) is 130 cm³/mol. The number of nitrogens with one attached hydrogen (secondary N) is 1. The molecule has 0 saturated heterocycles. The van der Waals surface area contributed by atoms with E-state index in [1.807, 2.05) is 6.92 Å². The van der Waals surface area contributed by atoms with E-state index in [4.69, 9.17) is 0 Å². The number of carboxylic acids is 1. The van der Waals surface area contributed by atoms with Crippen LogP contribution in [0, 0.1) is 46.3 Å². The summed E-state index contributed by atoms with van der Waals surface area (Å²) in [4.78, 5) is 24.2. The lowest BCUT2D eigenvalue weighted by Gasteiger charge is -2.61. The Morgan fingerprint density at radius 1 is 1.00 bits per heavy atom. The number of aliphatic hydroxyl groups is 1. The Hall–Kier alpha value is -0.940. The molecule has 4 aliphatic rings. The van der Waals surface area contributed by atoms with Crippen LogP contribution in [-0.4, -0.2) is 40.2 Å². The first kappa shape index (κ1) is 25.2. The molecule has 0 radical (unpaired) electrons. The molecule has 0 bridgehead atoms. The molecule has 1 unspecified atom stereocenters. The van der Waals surface area contributed by atoms with Crippen molar-refractivity contribution in [2.24, 2.45) is 46.3 Å². The van der Waals surface area contributed by atoms with Gasteiger partial charge < -0.3 is 15.5 Å². The summed E-state index contributed by atoms with van der Waals surface area (Å²) < 4.78 is 0. The molecule has 0 aliphatic heterocycles. The van der Waals surface area contributed by atoms with Crippen LogP contribution in [0.1, 0.15) is 98.8 Å². The van der Waals surface area contributed by atoms with Crippen molar-refractivity contribution in [1.82, 2.24) is 5.32 Å². The lowest BCUT2D eigenvalue weighted by Crippen LogP contribution is -2.54. The van der Waals surface area contributed by atoms with Crippen LogP contribution < -0.4 is 5.32 Å². The number of hydrogen-bond acceptors (Lipinski definition) is 4. The third kappa shape index (κ3) is 4.66. The van der Waals surface area contributed by atoms with E-state index in [-0.39, 0.29) is 11.3 Å². The van der Waals surface area contributed by atoms with E-state index in [1.54, 1.807) is 13.8 Å². The monoisotopic (exact) mass is 461 g/mol. The van der Waals surface area contributed by atoms with Crippen LogP contribution >= 0.6 is 0 Å². The second kappa shape index (κ2) is 8.93. The van der Waals surface area contributed by atoms with Crippen molar-refractivity contribution in [2.45, 2.75) is 110 Å². The molecule has 4 fully saturated rings. The first-order valence-corrected chi connectivity index (χ1v) is 13.5. The normalized spacial score (nSPS) is 43.8. The smallest absolute Gasteiger partial charge is 0.320 e. The number of aliphatic carboxylic acids is 1. The van der Waals surface area contributed by atoms with Gasteiger partial charge >= 0.3 is 5.97 Å². The minimum absolute atomic E-state index is 0.217. The molecule has 0 amide bonds. The van der Waals surface area contributed by atoms with Gasteiger partial charge in [0.15, 0.2) is 0 Å². The Bertz CT molecular complexity index is 759. The summed E-state index contributed by atoms with van der Waals surface area (Å²) in [5.74, 6) is 3.26. The van der Waals surface area contributed by atoms with E-state index in [9.17, 15) is 19.8 Å². The Morgan fingerprint density at radius 2 is 1.67 bits per heavy atom. The molecule has 4 rings (SSSR count). The van der Waals surface area contributed by atoms with Crippen LogP contribution in [0.2, 0.25) is 0 Å². The molecular weight excluding hydrogens is 414 g/mol. The van der Waals surface area contributed by atoms with Gasteiger partial charge in [-0.3, -0.25) is 9.59 Å². The highest BCUT2D eigenvalue weighted by molar-refractivity contribution is 5.79. The minimum Gasteiger partial charge on any atom is -0.480 e. The van der Waals surface area contributed by atoms with Gasteiger partial charge in [-0.1, -0.05) is 13.8 Å². The van der Waals surface area contributed by atoms with E-state index in [1.165, 1.54) is 38.5 Å². The molecule has 3 N–H and O–H groups in total. The quantitative estimate of drug-likeness (QED) is 0.494. The van der Waals surface area contributed by atoms with Crippen LogP contribution in [-0.2, 0) is 9.59 Å². The third-order valence-electron chi connectivity index (χ3n) is 10.9. The topological polar surface area (TPSA) is 86.6 Å². The van der Waals surface area contributed by atoms with Crippen LogP contribution in [0.3, 0.4) is 0 Å². The Labute approximate surface area is 200 Å². The van der Waals surface area contributed by atoms with Gasteiger partial charge in [-0.2, -0.15) is 0 Å².